The average Bonchev–Trinajstić information content (AvgIpc) is 3.23. The monoisotopic (exact) mass is 431 g/mol. The van der Waals surface area contributed by atoms with Crippen molar-refractivity contribution in [1.29, 1.82) is 0 Å². The number of anilines is 1. The zero-order valence-electron chi connectivity index (χ0n) is 17.5. The zero-order valence-corrected chi connectivity index (χ0v) is 17.5. The molecule has 3 N–H and O–H groups in total. The van der Waals surface area contributed by atoms with Crippen LogP contribution < -0.4 is 14.8 Å². The lowest BCUT2D eigenvalue weighted by Gasteiger charge is -2.10. The van der Waals surface area contributed by atoms with Crippen LogP contribution in [0.5, 0.6) is 11.5 Å². The smallest absolute Gasteiger partial charge is 0.357 e. The van der Waals surface area contributed by atoms with Crippen molar-refractivity contribution in [2.24, 2.45) is 0 Å². The fraction of sp³-hybridized carbons (Fsp3) is 0.125. The molecule has 0 spiro atoms. The molecule has 3 aromatic carbocycles. The van der Waals surface area contributed by atoms with Crippen molar-refractivity contribution >= 4 is 28.5 Å². The number of H-pyrrole nitrogens is 1. The molecule has 0 aliphatic heterocycles. The summed E-state index contributed by atoms with van der Waals surface area (Å²) < 4.78 is 10.5. The summed E-state index contributed by atoms with van der Waals surface area (Å²) in [7, 11) is 3.12. The van der Waals surface area contributed by atoms with Crippen molar-refractivity contribution in [3.05, 3.63) is 71.9 Å². The second kappa shape index (κ2) is 8.81. The van der Waals surface area contributed by atoms with E-state index in [2.05, 4.69) is 15.5 Å². The van der Waals surface area contributed by atoms with Gasteiger partial charge in [0.2, 0.25) is 5.91 Å². The molecule has 0 aliphatic carbocycles. The van der Waals surface area contributed by atoms with E-state index in [0.717, 1.165) is 16.7 Å². The highest BCUT2D eigenvalue weighted by Crippen LogP contribution is 2.28. The van der Waals surface area contributed by atoms with Gasteiger partial charge >= 0.3 is 5.97 Å². The molecule has 0 atom stereocenters. The minimum atomic E-state index is -1.07. The number of rotatable bonds is 7. The lowest BCUT2D eigenvalue weighted by molar-refractivity contribution is -0.115. The molecule has 8 nitrogen and oxygen atoms in total. The van der Waals surface area contributed by atoms with Gasteiger partial charge in [-0.15, -0.1) is 0 Å². The van der Waals surface area contributed by atoms with E-state index in [1.807, 2.05) is 42.5 Å². The molecular weight excluding hydrogens is 410 g/mol. The van der Waals surface area contributed by atoms with Gasteiger partial charge in [0, 0.05) is 11.1 Å². The molecule has 0 saturated carbocycles. The van der Waals surface area contributed by atoms with Crippen LogP contribution in [0.4, 0.5) is 5.69 Å². The molecular formula is C24H21N3O5. The van der Waals surface area contributed by atoms with Gasteiger partial charge in [-0.25, -0.2) is 4.79 Å². The number of aromatic nitrogens is 2. The van der Waals surface area contributed by atoms with Crippen LogP contribution in [0.3, 0.4) is 0 Å². The van der Waals surface area contributed by atoms with E-state index in [1.165, 1.54) is 0 Å². The Bertz CT molecular complexity index is 1290. The maximum absolute atomic E-state index is 12.5. The van der Waals surface area contributed by atoms with Gasteiger partial charge < -0.3 is 19.9 Å². The van der Waals surface area contributed by atoms with Gasteiger partial charge in [0.15, 0.2) is 17.2 Å². The minimum absolute atomic E-state index is 0.000842. The molecule has 162 valence electrons. The van der Waals surface area contributed by atoms with Crippen LogP contribution in [-0.2, 0) is 11.2 Å². The molecule has 8 heteroatoms. The Morgan fingerprint density at radius 3 is 2.34 bits per heavy atom. The molecule has 0 saturated heterocycles. The fourth-order valence-corrected chi connectivity index (χ4v) is 3.49. The Morgan fingerprint density at radius 1 is 0.938 bits per heavy atom. The number of nitrogens with zero attached hydrogens (tertiary/aromatic N) is 1. The van der Waals surface area contributed by atoms with Crippen molar-refractivity contribution < 1.29 is 24.2 Å². The number of aromatic carboxylic acids is 1. The Morgan fingerprint density at radius 2 is 1.66 bits per heavy atom. The molecule has 1 heterocycles. The third-order valence-corrected chi connectivity index (χ3v) is 5.08. The second-order valence-corrected chi connectivity index (χ2v) is 7.13. The lowest BCUT2D eigenvalue weighted by atomic mass is 10.0. The quantitative estimate of drug-likeness (QED) is 0.406. The van der Waals surface area contributed by atoms with Crippen molar-refractivity contribution in [3.8, 4) is 22.6 Å². The number of ether oxygens (including phenoxy) is 2. The van der Waals surface area contributed by atoms with E-state index in [-0.39, 0.29) is 18.0 Å². The summed E-state index contributed by atoms with van der Waals surface area (Å²) in [6, 6.07) is 18.2. The number of carboxylic acid groups (broad SMARTS) is 1. The SMILES string of the molecule is COc1ccc(CC(=O)Nc2ccc(-c3ccc4c(C(=O)O)n[nH]c4c3)cc2)cc1OC. The number of methoxy groups -OCH3 is 2. The van der Waals surface area contributed by atoms with E-state index in [0.29, 0.717) is 28.1 Å². The molecule has 1 amide bonds. The molecule has 4 rings (SSSR count). The van der Waals surface area contributed by atoms with Gasteiger partial charge in [-0.3, -0.25) is 9.89 Å². The first-order valence-electron chi connectivity index (χ1n) is 9.81. The van der Waals surface area contributed by atoms with Crippen molar-refractivity contribution in [1.82, 2.24) is 10.2 Å². The molecule has 0 unspecified atom stereocenters. The largest absolute Gasteiger partial charge is 0.493 e. The third kappa shape index (κ3) is 4.24. The van der Waals surface area contributed by atoms with Gasteiger partial charge in [-0.2, -0.15) is 5.10 Å². The van der Waals surface area contributed by atoms with Gasteiger partial charge in [0.05, 0.1) is 26.2 Å². The summed E-state index contributed by atoms with van der Waals surface area (Å²) in [5.41, 5.74) is 3.96. The number of amides is 1. The van der Waals surface area contributed by atoms with Gasteiger partial charge in [-0.05, 0) is 53.1 Å². The summed E-state index contributed by atoms with van der Waals surface area (Å²) in [6.45, 7) is 0. The summed E-state index contributed by atoms with van der Waals surface area (Å²) in [4.78, 5) is 23.7. The van der Waals surface area contributed by atoms with Crippen LogP contribution in [0, 0.1) is 0 Å². The van der Waals surface area contributed by atoms with E-state index in [9.17, 15) is 14.7 Å². The van der Waals surface area contributed by atoms with Crippen LogP contribution >= 0.6 is 0 Å². The fourth-order valence-electron chi connectivity index (χ4n) is 3.49. The zero-order chi connectivity index (χ0) is 22.7. The van der Waals surface area contributed by atoms with Crippen LogP contribution in [0.1, 0.15) is 16.1 Å². The number of carbonyl (C=O) groups is 2. The van der Waals surface area contributed by atoms with Crippen LogP contribution in [0.2, 0.25) is 0 Å². The van der Waals surface area contributed by atoms with E-state index in [4.69, 9.17) is 9.47 Å². The molecule has 0 radical (unpaired) electrons. The minimum Gasteiger partial charge on any atom is -0.493 e. The van der Waals surface area contributed by atoms with Crippen LogP contribution in [0.15, 0.2) is 60.7 Å². The highest BCUT2D eigenvalue weighted by Gasteiger charge is 2.13. The van der Waals surface area contributed by atoms with E-state index in [1.54, 1.807) is 32.4 Å². The summed E-state index contributed by atoms with van der Waals surface area (Å²) >= 11 is 0. The van der Waals surface area contributed by atoms with Crippen LogP contribution in [-0.4, -0.2) is 41.4 Å². The Hall–Kier alpha value is -4.33. The normalized spacial score (nSPS) is 10.7. The standard InChI is InChI=1S/C24H21N3O5/c1-31-20-10-3-14(11-21(20)32-2)12-22(28)25-17-7-4-15(5-8-17)16-6-9-18-19(13-16)26-27-23(18)24(29)30/h3-11,13H,12H2,1-2H3,(H,25,28)(H,26,27)(H,29,30). The molecule has 0 bridgehead atoms. The number of carboxylic acids is 1. The van der Waals surface area contributed by atoms with Crippen molar-refractivity contribution in [2.75, 3.05) is 19.5 Å². The van der Waals surface area contributed by atoms with Gasteiger partial charge in [-0.1, -0.05) is 24.3 Å². The lowest BCUT2D eigenvalue weighted by Crippen LogP contribution is -2.14. The number of hydrogen-bond donors (Lipinski definition) is 3. The summed E-state index contributed by atoms with van der Waals surface area (Å²) in [6.07, 6.45) is 0.199. The average molecular weight is 431 g/mol. The highest BCUT2D eigenvalue weighted by molar-refractivity contribution is 6.02. The number of nitrogens with one attached hydrogen (secondary N) is 2. The number of aromatic amines is 1. The second-order valence-electron chi connectivity index (χ2n) is 7.13. The maximum Gasteiger partial charge on any atom is 0.357 e. The topological polar surface area (TPSA) is 114 Å². The summed E-state index contributed by atoms with van der Waals surface area (Å²) in [5.74, 6) is -0.0335. The first kappa shape index (κ1) is 20.9. The summed E-state index contributed by atoms with van der Waals surface area (Å²) in [5, 5.41) is 19.2. The first-order valence-corrected chi connectivity index (χ1v) is 9.81. The predicted octanol–water partition coefficient (Wildman–Crippen LogP) is 4.13. The predicted molar refractivity (Wildman–Crippen MR) is 120 cm³/mol. The highest BCUT2D eigenvalue weighted by atomic mass is 16.5. The van der Waals surface area contributed by atoms with Crippen LogP contribution in [0.25, 0.3) is 22.0 Å². The maximum atomic E-state index is 12.5. The number of fused-ring (bicyclic) bond motifs is 1. The number of benzene rings is 3. The van der Waals surface area contributed by atoms with Gasteiger partial charge in [0.25, 0.3) is 0 Å². The number of hydrogen-bond acceptors (Lipinski definition) is 5. The third-order valence-electron chi connectivity index (χ3n) is 5.08. The first-order chi connectivity index (χ1) is 15.5. The van der Waals surface area contributed by atoms with Gasteiger partial charge in [0.1, 0.15) is 0 Å². The molecule has 0 fully saturated rings. The Labute approximate surface area is 183 Å². The van der Waals surface area contributed by atoms with E-state index >= 15 is 0 Å². The Balaban J connectivity index is 1.45. The van der Waals surface area contributed by atoms with Crippen molar-refractivity contribution in [2.45, 2.75) is 6.42 Å². The van der Waals surface area contributed by atoms with Crippen molar-refractivity contribution in [3.63, 3.8) is 0 Å². The molecule has 0 aliphatic rings. The Kier molecular flexibility index (Phi) is 5.76. The van der Waals surface area contributed by atoms with E-state index < -0.39 is 5.97 Å². The molecule has 32 heavy (non-hydrogen) atoms. The molecule has 1 aromatic heterocycles. The molecule has 4 aromatic rings. The number of carbonyl (C=O) groups excluding carboxylic acids is 1.